The first-order chi connectivity index (χ1) is 6.91. The first-order valence-corrected chi connectivity index (χ1v) is 5.02. The van der Waals surface area contributed by atoms with E-state index >= 15 is 0 Å². The molecule has 0 aromatic heterocycles. The van der Waals surface area contributed by atoms with Crippen LogP contribution < -0.4 is 10.5 Å². The van der Waals surface area contributed by atoms with Crippen molar-refractivity contribution >= 4 is 17.5 Å². The van der Waals surface area contributed by atoms with Crippen LogP contribution in [0.25, 0.3) is 0 Å². The van der Waals surface area contributed by atoms with E-state index in [0.29, 0.717) is 10.8 Å². The largest absolute Gasteiger partial charge is 0.481 e. The Labute approximate surface area is 94.2 Å². The number of carbonyl (C=O) groups is 1. The number of nitrogens with two attached hydrogens (primary N) is 1. The van der Waals surface area contributed by atoms with Crippen LogP contribution in [0, 0.1) is 13.8 Å². The van der Waals surface area contributed by atoms with Crippen LogP contribution in [0.5, 0.6) is 5.75 Å². The van der Waals surface area contributed by atoms with E-state index in [0.717, 1.165) is 11.1 Å². The lowest BCUT2D eigenvalue weighted by Gasteiger charge is -2.13. The molecule has 0 aliphatic heterocycles. The van der Waals surface area contributed by atoms with Gasteiger partial charge in [-0.15, -0.1) is 0 Å². The first kappa shape index (κ1) is 11.9. The smallest absolute Gasteiger partial charge is 0.258 e. The fourth-order valence-electron chi connectivity index (χ4n) is 1.24. The molecule has 0 unspecified atom stereocenters. The molecule has 0 bridgehead atoms. The predicted molar refractivity (Wildman–Crippen MR) is 60.2 cm³/mol. The Morgan fingerprint density at radius 3 is 2.27 bits per heavy atom. The quantitative estimate of drug-likeness (QED) is 0.861. The zero-order valence-corrected chi connectivity index (χ0v) is 9.76. The van der Waals surface area contributed by atoms with Crippen molar-refractivity contribution in [3.8, 4) is 5.75 Å². The van der Waals surface area contributed by atoms with E-state index in [1.54, 1.807) is 19.1 Å². The van der Waals surface area contributed by atoms with Crippen LogP contribution in [-0.4, -0.2) is 12.0 Å². The number of amides is 1. The monoisotopic (exact) mass is 227 g/mol. The third-order valence-electron chi connectivity index (χ3n) is 2.12. The van der Waals surface area contributed by atoms with Gasteiger partial charge in [0.15, 0.2) is 6.10 Å². The molecular weight excluding hydrogens is 214 g/mol. The van der Waals surface area contributed by atoms with Crippen molar-refractivity contribution < 1.29 is 9.53 Å². The highest BCUT2D eigenvalue weighted by Gasteiger charge is 2.11. The van der Waals surface area contributed by atoms with Crippen molar-refractivity contribution in [2.45, 2.75) is 26.9 Å². The number of carbonyl (C=O) groups excluding carboxylic acids is 1. The molecule has 0 radical (unpaired) electrons. The highest BCUT2D eigenvalue weighted by Crippen LogP contribution is 2.26. The van der Waals surface area contributed by atoms with E-state index in [1.165, 1.54) is 0 Å². The van der Waals surface area contributed by atoms with Gasteiger partial charge < -0.3 is 10.5 Å². The number of hydrogen-bond donors (Lipinski definition) is 1. The SMILES string of the molecule is Cc1cc(O[C@@H](C)C(N)=O)cc(C)c1Cl. The molecule has 1 atom stereocenters. The van der Waals surface area contributed by atoms with Crippen molar-refractivity contribution in [2.75, 3.05) is 0 Å². The van der Waals surface area contributed by atoms with E-state index in [9.17, 15) is 4.79 Å². The molecule has 0 aliphatic rings. The maximum Gasteiger partial charge on any atom is 0.258 e. The average Bonchev–Trinajstić information content (AvgIpc) is 2.13. The zero-order chi connectivity index (χ0) is 11.6. The lowest BCUT2D eigenvalue weighted by molar-refractivity contribution is -0.123. The molecule has 0 saturated heterocycles. The Morgan fingerprint density at radius 1 is 1.40 bits per heavy atom. The van der Waals surface area contributed by atoms with Crippen LogP contribution in [-0.2, 0) is 4.79 Å². The third-order valence-corrected chi connectivity index (χ3v) is 2.72. The number of rotatable bonds is 3. The van der Waals surface area contributed by atoms with E-state index < -0.39 is 12.0 Å². The number of benzene rings is 1. The van der Waals surface area contributed by atoms with Gasteiger partial charge in [-0.1, -0.05) is 11.6 Å². The minimum Gasteiger partial charge on any atom is -0.481 e. The molecule has 1 aromatic carbocycles. The Bertz CT molecular complexity index is 367. The van der Waals surface area contributed by atoms with Gasteiger partial charge in [-0.25, -0.2) is 0 Å². The summed E-state index contributed by atoms with van der Waals surface area (Å²) in [5.74, 6) is 0.126. The number of hydrogen-bond acceptors (Lipinski definition) is 2. The van der Waals surface area contributed by atoms with Crippen LogP contribution in [0.3, 0.4) is 0 Å². The van der Waals surface area contributed by atoms with Gasteiger partial charge in [0, 0.05) is 5.02 Å². The highest BCUT2D eigenvalue weighted by atomic mass is 35.5. The van der Waals surface area contributed by atoms with Crippen molar-refractivity contribution in [3.63, 3.8) is 0 Å². The maximum absolute atomic E-state index is 10.8. The summed E-state index contributed by atoms with van der Waals surface area (Å²) < 4.78 is 5.36. The van der Waals surface area contributed by atoms with Crippen LogP contribution in [0.1, 0.15) is 18.1 Å². The van der Waals surface area contributed by atoms with Crippen LogP contribution in [0.15, 0.2) is 12.1 Å². The molecule has 1 rings (SSSR count). The van der Waals surface area contributed by atoms with E-state index in [1.807, 2.05) is 13.8 Å². The van der Waals surface area contributed by atoms with Gasteiger partial charge in [-0.3, -0.25) is 4.79 Å². The molecule has 1 aromatic rings. The topological polar surface area (TPSA) is 52.3 Å². The third kappa shape index (κ3) is 2.86. The van der Waals surface area contributed by atoms with Gasteiger partial charge >= 0.3 is 0 Å². The van der Waals surface area contributed by atoms with Crippen molar-refractivity contribution in [1.82, 2.24) is 0 Å². The average molecular weight is 228 g/mol. The number of ether oxygens (including phenoxy) is 1. The van der Waals surface area contributed by atoms with Crippen LogP contribution >= 0.6 is 11.6 Å². The summed E-state index contributed by atoms with van der Waals surface area (Å²) in [7, 11) is 0. The molecule has 3 nitrogen and oxygen atoms in total. The Balaban J connectivity index is 2.92. The molecule has 0 spiro atoms. The summed E-state index contributed by atoms with van der Waals surface area (Å²) in [5.41, 5.74) is 6.94. The van der Waals surface area contributed by atoms with Gasteiger partial charge in [-0.2, -0.15) is 0 Å². The van der Waals surface area contributed by atoms with Gasteiger partial charge in [0.25, 0.3) is 5.91 Å². The lowest BCUT2D eigenvalue weighted by Crippen LogP contribution is -2.30. The molecule has 15 heavy (non-hydrogen) atoms. The molecule has 0 fully saturated rings. The fourth-order valence-corrected chi connectivity index (χ4v) is 1.35. The van der Waals surface area contributed by atoms with Crippen molar-refractivity contribution in [2.24, 2.45) is 5.73 Å². The molecule has 0 heterocycles. The van der Waals surface area contributed by atoms with Gasteiger partial charge in [0.05, 0.1) is 0 Å². The standard InChI is InChI=1S/C11H14ClNO2/c1-6-4-9(5-7(2)10(6)12)15-8(3)11(13)14/h4-5,8H,1-3H3,(H2,13,14)/t8-/m0/s1. The number of aryl methyl sites for hydroxylation is 2. The Morgan fingerprint density at radius 2 is 1.87 bits per heavy atom. The lowest BCUT2D eigenvalue weighted by atomic mass is 10.1. The normalized spacial score (nSPS) is 12.3. The summed E-state index contributed by atoms with van der Waals surface area (Å²) in [6, 6.07) is 3.57. The van der Waals surface area contributed by atoms with Crippen molar-refractivity contribution in [3.05, 3.63) is 28.3 Å². The zero-order valence-electron chi connectivity index (χ0n) is 9.00. The second kappa shape index (κ2) is 4.53. The van der Waals surface area contributed by atoms with E-state index in [2.05, 4.69) is 0 Å². The van der Waals surface area contributed by atoms with Crippen LogP contribution in [0.2, 0.25) is 5.02 Å². The van der Waals surface area contributed by atoms with E-state index in [4.69, 9.17) is 22.1 Å². The van der Waals surface area contributed by atoms with Gasteiger partial charge in [0.1, 0.15) is 5.75 Å². The van der Waals surface area contributed by atoms with Crippen molar-refractivity contribution in [1.29, 1.82) is 0 Å². The molecule has 82 valence electrons. The second-order valence-electron chi connectivity index (χ2n) is 3.53. The second-order valence-corrected chi connectivity index (χ2v) is 3.91. The molecule has 2 N–H and O–H groups in total. The highest BCUT2D eigenvalue weighted by molar-refractivity contribution is 6.32. The number of primary amides is 1. The van der Waals surface area contributed by atoms with Gasteiger partial charge in [0.2, 0.25) is 0 Å². The molecule has 4 heteroatoms. The summed E-state index contributed by atoms with van der Waals surface area (Å²) in [4.78, 5) is 10.8. The molecule has 0 saturated carbocycles. The van der Waals surface area contributed by atoms with E-state index in [-0.39, 0.29) is 0 Å². The minimum absolute atomic E-state index is 0.486. The summed E-state index contributed by atoms with van der Waals surface area (Å²) in [5, 5.41) is 0.717. The first-order valence-electron chi connectivity index (χ1n) is 4.64. The Kier molecular flexibility index (Phi) is 3.58. The summed E-state index contributed by atoms with van der Waals surface area (Å²) in [6.07, 6.45) is -0.634. The Hall–Kier alpha value is -1.22. The summed E-state index contributed by atoms with van der Waals surface area (Å²) in [6.45, 7) is 5.38. The number of halogens is 1. The molecule has 1 amide bonds. The molecule has 0 aliphatic carbocycles. The predicted octanol–water partition coefficient (Wildman–Crippen LogP) is 2.21. The summed E-state index contributed by atoms with van der Waals surface area (Å²) >= 11 is 6.00. The maximum atomic E-state index is 10.8. The van der Waals surface area contributed by atoms with Crippen LogP contribution in [0.4, 0.5) is 0 Å². The molecular formula is C11H14ClNO2. The fraction of sp³-hybridized carbons (Fsp3) is 0.364. The van der Waals surface area contributed by atoms with Gasteiger partial charge in [-0.05, 0) is 44.0 Å². The minimum atomic E-state index is -0.634.